The highest BCUT2D eigenvalue weighted by Crippen LogP contribution is 2.07. The number of pyridine rings is 1. The van der Waals surface area contributed by atoms with Crippen molar-refractivity contribution in [1.29, 1.82) is 0 Å². The zero-order chi connectivity index (χ0) is 10.2. The lowest BCUT2D eigenvalue weighted by molar-refractivity contribution is 0.303. The first-order valence-corrected chi connectivity index (χ1v) is 4.89. The molecule has 0 unspecified atom stereocenters. The van der Waals surface area contributed by atoms with Gasteiger partial charge in [-0.15, -0.1) is 0 Å². The fraction of sp³-hybridized carbons (Fsp3) is 0.500. The highest BCUT2D eigenvalue weighted by atomic mass is 16.5. The maximum atomic E-state index is 5.50. The van der Waals surface area contributed by atoms with E-state index in [1.54, 1.807) is 12.1 Å². The number of nitrogens with two attached hydrogens (primary N) is 1. The number of rotatable bonds is 6. The summed E-state index contributed by atoms with van der Waals surface area (Å²) in [6, 6.07) is 5.37. The molecule has 0 aliphatic heterocycles. The topological polar surface area (TPSA) is 60.2 Å². The molecule has 78 valence electrons. The molecule has 0 radical (unpaired) electrons. The van der Waals surface area contributed by atoms with Crippen LogP contribution in [-0.4, -0.2) is 24.7 Å². The van der Waals surface area contributed by atoms with E-state index in [0.717, 1.165) is 19.5 Å². The molecule has 0 spiro atoms. The molecule has 0 fully saturated rings. The van der Waals surface area contributed by atoms with Gasteiger partial charge in [0.2, 0.25) is 5.88 Å². The highest BCUT2D eigenvalue weighted by Gasteiger charge is 1.94. The van der Waals surface area contributed by atoms with Gasteiger partial charge < -0.3 is 15.8 Å². The van der Waals surface area contributed by atoms with Crippen molar-refractivity contribution in [3.8, 4) is 5.88 Å². The van der Waals surface area contributed by atoms with Crippen LogP contribution in [0, 0.1) is 0 Å². The third-order valence-corrected chi connectivity index (χ3v) is 1.70. The number of aromatic nitrogens is 1. The number of nitrogens with zero attached hydrogens (tertiary/aromatic N) is 1. The standard InChI is InChI=1S/C10H17N3O/c1-2-6-12-7-8-14-10-5-3-4-9(11)13-10/h3-5,12H,2,6-8H2,1H3,(H2,11,13). The van der Waals surface area contributed by atoms with Crippen molar-refractivity contribution >= 4 is 5.82 Å². The third kappa shape index (κ3) is 4.09. The number of nitrogens with one attached hydrogen (secondary N) is 1. The minimum Gasteiger partial charge on any atom is -0.476 e. The number of nitrogen functional groups attached to an aromatic ring is 1. The summed E-state index contributed by atoms with van der Waals surface area (Å²) in [5, 5.41) is 3.24. The summed E-state index contributed by atoms with van der Waals surface area (Å²) in [6.45, 7) is 4.61. The zero-order valence-electron chi connectivity index (χ0n) is 8.49. The maximum absolute atomic E-state index is 5.50. The Morgan fingerprint density at radius 1 is 1.43 bits per heavy atom. The van der Waals surface area contributed by atoms with Crippen molar-refractivity contribution in [2.75, 3.05) is 25.4 Å². The van der Waals surface area contributed by atoms with Crippen LogP contribution in [0.1, 0.15) is 13.3 Å². The first kappa shape index (κ1) is 10.8. The summed E-state index contributed by atoms with van der Waals surface area (Å²) in [7, 11) is 0. The summed E-state index contributed by atoms with van der Waals surface area (Å²) < 4.78 is 5.38. The quantitative estimate of drug-likeness (QED) is 0.666. The lowest BCUT2D eigenvalue weighted by atomic mass is 10.4. The molecule has 4 heteroatoms. The van der Waals surface area contributed by atoms with Gasteiger partial charge in [0.05, 0.1) is 0 Å². The van der Waals surface area contributed by atoms with Crippen molar-refractivity contribution in [1.82, 2.24) is 10.3 Å². The largest absolute Gasteiger partial charge is 0.476 e. The predicted molar refractivity (Wildman–Crippen MR) is 57.3 cm³/mol. The van der Waals surface area contributed by atoms with Crippen molar-refractivity contribution in [2.45, 2.75) is 13.3 Å². The molecule has 0 saturated heterocycles. The SMILES string of the molecule is CCCNCCOc1cccc(N)n1. The second kappa shape index (κ2) is 6.21. The monoisotopic (exact) mass is 195 g/mol. The molecule has 0 saturated carbocycles. The molecule has 1 aromatic rings. The Balaban J connectivity index is 2.18. The molecule has 0 aliphatic carbocycles. The van der Waals surface area contributed by atoms with E-state index < -0.39 is 0 Å². The molecule has 3 N–H and O–H groups in total. The van der Waals surface area contributed by atoms with Crippen LogP contribution in [0.3, 0.4) is 0 Å². The van der Waals surface area contributed by atoms with Crippen LogP contribution in [0.2, 0.25) is 0 Å². The normalized spacial score (nSPS) is 10.1. The van der Waals surface area contributed by atoms with Crippen molar-refractivity contribution in [2.24, 2.45) is 0 Å². The van der Waals surface area contributed by atoms with Gasteiger partial charge in [-0.1, -0.05) is 13.0 Å². The number of hydrogen-bond donors (Lipinski definition) is 2. The first-order valence-electron chi connectivity index (χ1n) is 4.89. The number of anilines is 1. The Bertz CT molecular complexity index is 265. The second-order valence-corrected chi connectivity index (χ2v) is 3.00. The van der Waals surface area contributed by atoms with Crippen LogP contribution in [0.4, 0.5) is 5.82 Å². The predicted octanol–water partition coefficient (Wildman–Crippen LogP) is 1.04. The molecule has 0 aromatic carbocycles. The van der Waals surface area contributed by atoms with Gasteiger partial charge in [0.15, 0.2) is 0 Å². The Hall–Kier alpha value is -1.29. The fourth-order valence-corrected chi connectivity index (χ4v) is 1.04. The highest BCUT2D eigenvalue weighted by molar-refractivity contribution is 5.30. The Morgan fingerprint density at radius 3 is 3.00 bits per heavy atom. The van der Waals surface area contributed by atoms with E-state index in [-0.39, 0.29) is 0 Å². The van der Waals surface area contributed by atoms with Gasteiger partial charge in [-0.2, -0.15) is 4.98 Å². The Labute approximate surface area is 84.5 Å². The minimum absolute atomic E-state index is 0.490. The van der Waals surface area contributed by atoms with Crippen LogP contribution in [0.5, 0.6) is 5.88 Å². The summed E-state index contributed by atoms with van der Waals surface area (Å²) in [5.41, 5.74) is 5.50. The molecule has 0 amide bonds. The fourth-order valence-electron chi connectivity index (χ4n) is 1.04. The van der Waals surface area contributed by atoms with Gasteiger partial charge in [0.25, 0.3) is 0 Å². The van der Waals surface area contributed by atoms with Crippen LogP contribution in [0.15, 0.2) is 18.2 Å². The van der Waals surface area contributed by atoms with E-state index in [0.29, 0.717) is 18.3 Å². The number of hydrogen-bond acceptors (Lipinski definition) is 4. The Kier molecular flexibility index (Phi) is 4.78. The van der Waals surface area contributed by atoms with Crippen LogP contribution in [-0.2, 0) is 0 Å². The van der Waals surface area contributed by atoms with Crippen molar-refractivity contribution in [3.05, 3.63) is 18.2 Å². The molecule has 1 rings (SSSR count). The lowest BCUT2D eigenvalue weighted by Gasteiger charge is -2.05. The van der Waals surface area contributed by atoms with Crippen LogP contribution >= 0.6 is 0 Å². The molecule has 14 heavy (non-hydrogen) atoms. The van der Waals surface area contributed by atoms with Crippen LogP contribution < -0.4 is 15.8 Å². The smallest absolute Gasteiger partial charge is 0.215 e. The Morgan fingerprint density at radius 2 is 2.29 bits per heavy atom. The van der Waals surface area contributed by atoms with E-state index in [2.05, 4.69) is 17.2 Å². The molecular formula is C10H17N3O. The summed E-state index contributed by atoms with van der Waals surface area (Å²) >= 11 is 0. The van der Waals surface area contributed by atoms with Gasteiger partial charge >= 0.3 is 0 Å². The average Bonchev–Trinajstić information content (AvgIpc) is 2.18. The van der Waals surface area contributed by atoms with Crippen molar-refractivity contribution < 1.29 is 4.74 Å². The summed E-state index contributed by atoms with van der Waals surface area (Å²) in [4.78, 5) is 4.02. The third-order valence-electron chi connectivity index (χ3n) is 1.70. The molecule has 4 nitrogen and oxygen atoms in total. The zero-order valence-corrected chi connectivity index (χ0v) is 8.49. The molecular weight excluding hydrogens is 178 g/mol. The lowest BCUT2D eigenvalue weighted by Crippen LogP contribution is -2.21. The van der Waals surface area contributed by atoms with Gasteiger partial charge in [-0.3, -0.25) is 0 Å². The van der Waals surface area contributed by atoms with Gasteiger partial charge in [0.1, 0.15) is 12.4 Å². The molecule has 1 heterocycles. The second-order valence-electron chi connectivity index (χ2n) is 3.00. The molecule has 0 atom stereocenters. The van der Waals surface area contributed by atoms with Gasteiger partial charge in [-0.05, 0) is 19.0 Å². The van der Waals surface area contributed by atoms with E-state index in [1.807, 2.05) is 6.07 Å². The molecule has 0 aliphatic rings. The molecule has 0 bridgehead atoms. The van der Waals surface area contributed by atoms with E-state index >= 15 is 0 Å². The van der Waals surface area contributed by atoms with Gasteiger partial charge in [-0.25, -0.2) is 0 Å². The van der Waals surface area contributed by atoms with Crippen LogP contribution in [0.25, 0.3) is 0 Å². The number of ether oxygens (including phenoxy) is 1. The van der Waals surface area contributed by atoms with Crippen molar-refractivity contribution in [3.63, 3.8) is 0 Å². The van der Waals surface area contributed by atoms with E-state index in [9.17, 15) is 0 Å². The van der Waals surface area contributed by atoms with E-state index in [4.69, 9.17) is 10.5 Å². The summed E-state index contributed by atoms with van der Waals surface area (Å²) in [6.07, 6.45) is 1.14. The summed E-state index contributed by atoms with van der Waals surface area (Å²) in [5.74, 6) is 1.08. The van der Waals surface area contributed by atoms with E-state index in [1.165, 1.54) is 0 Å². The molecule has 1 aromatic heterocycles. The van der Waals surface area contributed by atoms with Gasteiger partial charge in [0, 0.05) is 12.6 Å². The minimum atomic E-state index is 0.490. The maximum Gasteiger partial charge on any atom is 0.215 e. The first-order chi connectivity index (χ1) is 6.83. The average molecular weight is 195 g/mol.